The lowest BCUT2D eigenvalue weighted by atomic mass is 10.2. The minimum absolute atomic E-state index is 0.0349. The number of nitrogens with one attached hydrogen (secondary N) is 1. The zero-order valence-corrected chi connectivity index (χ0v) is 16.1. The molecule has 0 spiro atoms. The van der Waals surface area contributed by atoms with Gasteiger partial charge in [-0.15, -0.1) is 0 Å². The van der Waals surface area contributed by atoms with Crippen molar-refractivity contribution >= 4 is 42.9 Å². The highest BCUT2D eigenvalue weighted by Gasteiger charge is 2.30. The summed E-state index contributed by atoms with van der Waals surface area (Å²) >= 11 is 0. The summed E-state index contributed by atoms with van der Waals surface area (Å²) < 4.78 is 21.2. The van der Waals surface area contributed by atoms with E-state index in [0.29, 0.717) is 18.5 Å². The monoisotopic (exact) mass is 443 g/mol. The molecule has 4 unspecified atom stereocenters. The summed E-state index contributed by atoms with van der Waals surface area (Å²) in [6, 6.07) is 0. The summed E-state index contributed by atoms with van der Waals surface area (Å²) in [4.78, 5) is 58.1. The molecule has 4 atom stereocenters. The quantitative estimate of drug-likeness (QED) is 0.300. The van der Waals surface area contributed by atoms with Gasteiger partial charge in [0.2, 0.25) is 5.95 Å². The van der Waals surface area contributed by atoms with E-state index in [0.717, 1.165) is 0 Å². The van der Waals surface area contributed by atoms with Gasteiger partial charge in [-0.25, -0.2) is 13.6 Å². The van der Waals surface area contributed by atoms with Crippen molar-refractivity contribution in [3.63, 3.8) is 0 Å². The lowest BCUT2D eigenvalue weighted by Gasteiger charge is -2.17. The fraction of sp³-hybridized carbons (Fsp3) is 0.500. The molecule has 150 valence electrons. The van der Waals surface area contributed by atoms with Crippen LogP contribution in [0.1, 0.15) is 19.1 Å². The summed E-state index contributed by atoms with van der Waals surface area (Å²) in [5.74, 6) is -0.0349. The van der Waals surface area contributed by atoms with Crippen molar-refractivity contribution in [3.05, 3.63) is 16.7 Å². The highest BCUT2D eigenvalue weighted by atomic mass is 31.3. The van der Waals surface area contributed by atoms with Gasteiger partial charge in [0, 0.05) is 0 Å². The molecule has 7 N–H and O–H groups in total. The second-order valence-electron chi connectivity index (χ2n) is 5.25. The zero-order chi connectivity index (χ0) is 19.6. The second-order valence-corrected chi connectivity index (χ2v) is 8.27. The Morgan fingerprint density at radius 3 is 2.81 bits per heavy atom. The highest BCUT2D eigenvalue weighted by Crippen LogP contribution is 2.55. The standard InChI is InChI=1S/C10H16N5O9P3/c11-10-13-8-7(9(16)14-10)12-4-15(8)6-2-1-5(22-6)3-21-26(19)24-27(20)23-25(17)18/h4-6,17-20H,1-3H2,(H3,11,13,14,16). The Hall–Kier alpha value is -0.880. The van der Waals surface area contributed by atoms with Crippen molar-refractivity contribution in [1.82, 2.24) is 19.5 Å². The van der Waals surface area contributed by atoms with Crippen LogP contribution in [0.5, 0.6) is 0 Å². The van der Waals surface area contributed by atoms with Crippen LogP contribution in [0.3, 0.4) is 0 Å². The van der Waals surface area contributed by atoms with Gasteiger partial charge in [0.15, 0.2) is 11.2 Å². The predicted octanol–water partition coefficient (Wildman–Crippen LogP) is 0.0791. The van der Waals surface area contributed by atoms with Crippen molar-refractivity contribution in [2.45, 2.75) is 25.2 Å². The number of hydrogen-bond donors (Lipinski definition) is 6. The number of nitrogen functional groups attached to an aromatic ring is 1. The Morgan fingerprint density at radius 1 is 1.30 bits per heavy atom. The molecule has 0 amide bonds. The van der Waals surface area contributed by atoms with Crippen LogP contribution in [-0.2, 0) is 17.9 Å². The number of nitrogens with two attached hydrogens (primary N) is 1. The molecule has 1 saturated heterocycles. The Labute approximate surface area is 154 Å². The van der Waals surface area contributed by atoms with Crippen LogP contribution in [0.25, 0.3) is 11.2 Å². The largest absolute Gasteiger partial charge is 0.369 e. The van der Waals surface area contributed by atoms with Crippen LogP contribution in [0.4, 0.5) is 5.95 Å². The lowest BCUT2D eigenvalue weighted by Crippen LogP contribution is -2.17. The molecule has 27 heavy (non-hydrogen) atoms. The number of aromatic amines is 1. The van der Waals surface area contributed by atoms with Crippen LogP contribution in [0, 0.1) is 0 Å². The van der Waals surface area contributed by atoms with Crippen LogP contribution in [0.15, 0.2) is 11.1 Å². The summed E-state index contributed by atoms with van der Waals surface area (Å²) in [6.45, 7) is -0.0440. The number of rotatable bonds is 8. The average molecular weight is 443 g/mol. The number of H-pyrrole nitrogens is 1. The van der Waals surface area contributed by atoms with E-state index in [1.807, 2.05) is 0 Å². The van der Waals surface area contributed by atoms with Crippen molar-refractivity contribution in [2.24, 2.45) is 0 Å². The van der Waals surface area contributed by atoms with Crippen LogP contribution in [0.2, 0.25) is 0 Å². The first-order valence-corrected chi connectivity index (χ1v) is 10.8. The van der Waals surface area contributed by atoms with Crippen molar-refractivity contribution < 1.29 is 37.5 Å². The maximum absolute atomic E-state index is 11.8. The molecule has 1 fully saturated rings. The van der Waals surface area contributed by atoms with Crippen LogP contribution < -0.4 is 11.3 Å². The van der Waals surface area contributed by atoms with Crippen LogP contribution >= 0.6 is 25.8 Å². The van der Waals surface area contributed by atoms with Gasteiger partial charge in [0.25, 0.3) is 5.56 Å². The molecule has 14 nitrogen and oxygen atoms in total. The molecule has 0 aliphatic carbocycles. The first kappa shape index (κ1) is 20.8. The van der Waals surface area contributed by atoms with Gasteiger partial charge in [0.1, 0.15) is 6.23 Å². The zero-order valence-electron chi connectivity index (χ0n) is 13.4. The summed E-state index contributed by atoms with van der Waals surface area (Å²) in [5.41, 5.74) is 5.55. The van der Waals surface area contributed by atoms with Gasteiger partial charge in [-0.05, 0) is 12.8 Å². The molecule has 2 aromatic heterocycles. The Morgan fingerprint density at radius 2 is 2.07 bits per heavy atom. The fourth-order valence-corrected chi connectivity index (χ4v) is 4.32. The predicted molar refractivity (Wildman–Crippen MR) is 93.5 cm³/mol. The van der Waals surface area contributed by atoms with E-state index in [-0.39, 0.29) is 18.1 Å². The van der Waals surface area contributed by atoms with E-state index < -0.39 is 43.7 Å². The van der Waals surface area contributed by atoms with E-state index >= 15 is 0 Å². The Balaban J connectivity index is 1.54. The summed E-state index contributed by atoms with van der Waals surface area (Å²) in [6.07, 6.45) is 1.74. The first-order chi connectivity index (χ1) is 12.8. The molecule has 17 heteroatoms. The maximum atomic E-state index is 11.8. The Kier molecular flexibility index (Phi) is 7.01. The third-order valence-corrected chi connectivity index (χ3v) is 6.13. The van der Waals surface area contributed by atoms with Crippen molar-refractivity contribution in [1.29, 1.82) is 0 Å². The summed E-state index contributed by atoms with van der Waals surface area (Å²) in [7, 11) is -7.98. The molecule has 0 saturated carbocycles. The first-order valence-electron chi connectivity index (χ1n) is 7.36. The molecular weight excluding hydrogens is 427 g/mol. The molecule has 2 aromatic rings. The average Bonchev–Trinajstić information content (AvgIpc) is 3.18. The molecule has 3 rings (SSSR count). The second kappa shape index (κ2) is 9.08. The number of imidazole rings is 1. The Bertz CT molecular complexity index is 834. The number of ether oxygens (including phenoxy) is 1. The SMILES string of the molecule is Nc1nc2c(ncn2C2CCC(COP(O)OP(O)OP(O)O)O2)c(=O)[nH]1. The third kappa shape index (κ3) is 5.35. The fourth-order valence-electron chi connectivity index (χ4n) is 2.48. The van der Waals surface area contributed by atoms with E-state index in [1.54, 1.807) is 4.57 Å². The van der Waals surface area contributed by atoms with Gasteiger partial charge in [0.05, 0.1) is 19.0 Å². The lowest BCUT2D eigenvalue weighted by molar-refractivity contribution is -0.0174. The highest BCUT2D eigenvalue weighted by molar-refractivity contribution is 7.60. The molecule has 3 heterocycles. The van der Waals surface area contributed by atoms with Gasteiger partial charge >= 0.3 is 25.8 Å². The number of anilines is 1. The maximum Gasteiger partial charge on any atom is 0.344 e. The molecule has 0 radical (unpaired) electrons. The molecule has 1 aliphatic heterocycles. The van der Waals surface area contributed by atoms with Crippen molar-refractivity contribution in [3.8, 4) is 0 Å². The van der Waals surface area contributed by atoms with Gasteiger partial charge in [-0.1, -0.05) is 0 Å². The smallest absolute Gasteiger partial charge is 0.344 e. The van der Waals surface area contributed by atoms with Gasteiger partial charge in [-0.2, -0.15) is 4.98 Å². The van der Waals surface area contributed by atoms with E-state index in [9.17, 15) is 14.6 Å². The van der Waals surface area contributed by atoms with Crippen LogP contribution in [-0.4, -0.2) is 51.8 Å². The topological polar surface area (TPSA) is 207 Å². The van der Waals surface area contributed by atoms with Gasteiger partial charge < -0.3 is 34.6 Å². The number of nitrogens with zero attached hydrogens (tertiary/aromatic N) is 3. The van der Waals surface area contributed by atoms with Crippen molar-refractivity contribution in [2.75, 3.05) is 12.3 Å². The molecular formula is C10H16N5O9P3. The minimum atomic E-state index is -2.81. The number of aromatic nitrogens is 4. The minimum Gasteiger partial charge on any atom is -0.369 e. The molecule has 0 aromatic carbocycles. The number of hydrogen-bond acceptors (Lipinski definition) is 12. The van der Waals surface area contributed by atoms with E-state index in [2.05, 4.69) is 23.6 Å². The summed E-state index contributed by atoms with van der Waals surface area (Å²) in [5, 5.41) is 0. The molecule has 1 aliphatic rings. The van der Waals surface area contributed by atoms with E-state index in [1.165, 1.54) is 6.33 Å². The third-order valence-electron chi connectivity index (χ3n) is 3.50. The number of fused-ring (bicyclic) bond motifs is 1. The van der Waals surface area contributed by atoms with Gasteiger partial charge in [-0.3, -0.25) is 14.3 Å². The normalized spacial score (nSPS) is 22.6. The van der Waals surface area contributed by atoms with E-state index in [4.69, 9.17) is 24.8 Å². The molecule has 0 bridgehead atoms.